The van der Waals surface area contributed by atoms with Crippen LogP contribution in [0.3, 0.4) is 0 Å². The van der Waals surface area contributed by atoms with E-state index >= 15 is 0 Å². The third-order valence-corrected chi connectivity index (χ3v) is 5.52. The molecule has 0 bridgehead atoms. The van der Waals surface area contributed by atoms with E-state index in [2.05, 4.69) is 31.0 Å². The Kier molecular flexibility index (Phi) is 5.08. The predicted octanol–water partition coefficient (Wildman–Crippen LogP) is 3.28. The van der Waals surface area contributed by atoms with Gasteiger partial charge in [-0.1, -0.05) is 40.0 Å². The molecule has 1 aliphatic heterocycles. The molecule has 1 N–H and O–H groups in total. The highest BCUT2D eigenvalue weighted by Gasteiger charge is 2.39. The van der Waals surface area contributed by atoms with Crippen LogP contribution in [0, 0.1) is 11.3 Å². The first-order valence-corrected chi connectivity index (χ1v) is 8.13. The van der Waals surface area contributed by atoms with Gasteiger partial charge in [0.05, 0.1) is 0 Å². The highest BCUT2D eigenvalue weighted by Crippen LogP contribution is 2.36. The molecule has 1 atom stereocenters. The molecule has 1 saturated heterocycles. The molecule has 18 heavy (non-hydrogen) atoms. The van der Waals surface area contributed by atoms with Gasteiger partial charge < -0.3 is 10.2 Å². The molecule has 0 aromatic carbocycles. The van der Waals surface area contributed by atoms with Gasteiger partial charge in [0.15, 0.2) is 0 Å². The van der Waals surface area contributed by atoms with Gasteiger partial charge in [0.1, 0.15) is 0 Å². The summed E-state index contributed by atoms with van der Waals surface area (Å²) in [4.78, 5) is 2.80. The maximum Gasteiger partial charge on any atom is 0.00953 e. The Morgan fingerprint density at radius 1 is 1.22 bits per heavy atom. The van der Waals surface area contributed by atoms with E-state index in [9.17, 15) is 0 Å². The fourth-order valence-corrected chi connectivity index (χ4v) is 3.92. The summed E-state index contributed by atoms with van der Waals surface area (Å²) in [6.45, 7) is 12.2. The second-order valence-electron chi connectivity index (χ2n) is 6.80. The van der Waals surface area contributed by atoms with Gasteiger partial charge in [-0.2, -0.15) is 0 Å². The van der Waals surface area contributed by atoms with Crippen LogP contribution < -0.4 is 5.32 Å². The monoisotopic (exact) mass is 252 g/mol. The van der Waals surface area contributed by atoms with Gasteiger partial charge in [-0.25, -0.2) is 0 Å². The summed E-state index contributed by atoms with van der Waals surface area (Å²) in [5, 5.41) is 3.60. The fraction of sp³-hybridized carbons (Fsp3) is 1.00. The summed E-state index contributed by atoms with van der Waals surface area (Å²) in [7, 11) is 0. The van der Waals surface area contributed by atoms with E-state index in [1.54, 1.807) is 0 Å². The molecule has 2 rings (SSSR count). The third-order valence-electron chi connectivity index (χ3n) is 5.52. The molecular weight excluding hydrogens is 220 g/mol. The first kappa shape index (κ1) is 14.3. The summed E-state index contributed by atoms with van der Waals surface area (Å²) < 4.78 is 0. The van der Waals surface area contributed by atoms with Gasteiger partial charge >= 0.3 is 0 Å². The number of nitrogens with zero attached hydrogens (tertiary/aromatic N) is 1. The summed E-state index contributed by atoms with van der Waals surface area (Å²) >= 11 is 0. The van der Waals surface area contributed by atoms with Crippen LogP contribution in [-0.4, -0.2) is 37.1 Å². The van der Waals surface area contributed by atoms with Crippen LogP contribution in [-0.2, 0) is 0 Å². The van der Waals surface area contributed by atoms with Crippen molar-refractivity contribution in [1.29, 1.82) is 0 Å². The number of hydrogen-bond donors (Lipinski definition) is 1. The van der Waals surface area contributed by atoms with Crippen molar-refractivity contribution in [3.05, 3.63) is 0 Å². The lowest BCUT2D eigenvalue weighted by Gasteiger charge is -2.42. The van der Waals surface area contributed by atoms with Gasteiger partial charge in [0.25, 0.3) is 0 Å². The van der Waals surface area contributed by atoms with E-state index in [-0.39, 0.29) is 0 Å². The van der Waals surface area contributed by atoms with Crippen molar-refractivity contribution in [3.8, 4) is 0 Å². The highest BCUT2D eigenvalue weighted by molar-refractivity contribution is 4.94. The zero-order chi connectivity index (χ0) is 13.0. The topological polar surface area (TPSA) is 15.3 Å². The average molecular weight is 252 g/mol. The van der Waals surface area contributed by atoms with E-state index in [1.165, 1.54) is 64.7 Å². The quantitative estimate of drug-likeness (QED) is 0.808. The lowest BCUT2D eigenvalue weighted by molar-refractivity contribution is 0.0735. The Morgan fingerprint density at radius 3 is 2.44 bits per heavy atom. The molecule has 1 unspecified atom stereocenters. The highest BCUT2D eigenvalue weighted by atomic mass is 15.2. The molecule has 2 fully saturated rings. The molecule has 0 aromatic rings. The van der Waals surface area contributed by atoms with Crippen molar-refractivity contribution in [2.45, 2.75) is 65.3 Å². The minimum absolute atomic E-state index is 0.535. The largest absolute Gasteiger partial charge is 0.316 e. The molecule has 0 spiro atoms. The average Bonchev–Trinajstić information content (AvgIpc) is 2.87. The van der Waals surface area contributed by atoms with Crippen molar-refractivity contribution in [2.24, 2.45) is 11.3 Å². The standard InChI is InChI=1S/C16H32N2/c1-4-18(15-8-6-5-7-9-15)13-16(14(2)3)10-11-17-12-16/h14-15,17H,4-13H2,1-3H3. The van der Waals surface area contributed by atoms with Gasteiger partial charge in [-0.3, -0.25) is 0 Å². The fourth-order valence-electron chi connectivity index (χ4n) is 3.92. The zero-order valence-electron chi connectivity index (χ0n) is 12.7. The van der Waals surface area contributed by atoms with Crippen LogP contribution in [0.25, 0.3) is 0 Å². The van der Waals surface area contributed by atoms with Gasteiger partial charge in [0, 0.05) is 19.1 Å². The zero-order valence-corrected chi connectivity index (χ0v) is 12.7. The smallest absolute Gasteiger partial charge is 0.00953 e. The lowest BCUT2D eigenvalue weighted by Crippen LogP contribution is -2.47. The van der Waals surface area contributed by atoms with Gasteiger partial charge in [-0.15, -0.1) is 0 Å². The third kappa shape index (κ3) is 3.08. The van der Waals surface area contributed by atoms with E-state index in [0.717, 1.165) is 12.0 Å². The molecule has 1 saturated carbocycles. The van der Waals surface area contributed by atoms with Gasteiger partial charge in [-0.05, 0) is 43.7 Å². The number of hydrogen-bond acceptors (Lipinski definition) is 2. The maximum atomic E-state index is 3.60. The Morgan fingerprint density at radius 2 is 1.94 bits per heavy atom. The molecule has 0 aromatic heterocycles. The second kappa shape index (κ2) is 6.38. The van der Waals surface area contributed by atoms with E-state index in [4.69, 9.17) is 0 Å². The number of nitrogens with one attached hydrogen (secondary N) is 1. The number of rotatable bonds is 5. The Bertz CT molecular complexity index is 237. The SMILES string of the molecule is CCN(CC1(C(C)C)CCNC1)C1CCCCC1. The first-order chi connectivity index (χ1) is 8.68. The Labute approximate surface area is 114 Å². The van der Waals surface area contributed by atoms with Crippen molar-refractivity contribution in [3.63, 3.8) is 0 Å². The molecular formula is C16H32N2. The summed E-state index contributed by atoms with van der Waals surface area (Å²) in [5.74, 6) is 0.796. The Balaban J connectivity index is 1.99. The van der Waals surface area contributed by atoms with Crippen LogP contribution >= 0.6 is 0 Å². The molecule has 0 radical (unpaired) electrons. The lowest BCUT2D eigenvalue weighted by atomic mass is 9.75. The minimum Gasteiger partial charge on any atom is -0.316 e. The molecule has 1 heterocycles. The second-order valence-corrected chi connectivity index (χ2v) is 6.80. The summed E-state index contributed by atoms with van der Waals surface area (Å²) in [6, 6.07) is 0.875. The molecule has 2 aliphatic rings. The van der Waals surface area contributed by atoms with Crippen LogP contribution in [0.15, 0.2) is 0 Å². The van der Waals surface area contributed by atoms with Crippen LogP contribution in [0.1, 0.15) is 59.3 Å². The van der Waals surface area contributed by atoms with Crippen molar-refractivity contribution in [2.75, 3.05) is 26.2 Å². The maximum absolute atomic E-state index is 3.60. The van der Waals surface area contributed by atoms with Gasteiger partial charge in [0.2, 0.25) is 0 Å². The van der Waals surface area contributed by atoms with Crippen molar-refractivity contribution in [1.82, 2.24) is 10.2 Å². The molecule has 106 valence electrons. The molecule has 1 aliphatic carbocycles. The van der Waals surface area contributed by atoms with E-state index in [0.29, 0.717) is 5.41 Å². The summed E-state index contributed by atoms with van der Waals surface area (Å²) in [6.07, 6.45) is 8.62. The molecule has 0 amide bonds. The van der Waals surface area contributed by atoms with Crippen LogP contribution in [0.4, 0.5) is 0 Å². The van der Waals surface area contributed by atoms with E-state index in [1.807, 2.05) is 0 Å². The predicted molar refractivity (Wildman–Crippen MR) is 78.9 cm³/mol. The normalized spacial score (nSPS) is 30.5. The van der Waals surface area contributed by atoms with Crippen molar-refractivity contribution < 1.29 is 0 Å². The first-order valence-electron chi connectivity index (χ1n) is 8.13. The summed E-state index contributed by atoms with van der Waals surface area (Å²) in [5.41, 5.74) is 0.535. The van der Waals surface area contributed by atoms with Crippen LogP contribution in [0.2, 0.25) is 0 Å². The molecule has 2 nitrogen and oxygen atoms in total. The van der Waals surface area contributed by atoms with E-state index < -0.39 is 0 Å². The van der Waals surface area contributed by atoms with Crippen molar-refractivity contribution >= 4 is 0 Å². The Hall–Kier alpha value is -0.0800. The van der Waals surface area contributed by atoms with Crippen LogP contribution in [0.5, 0.6) is 0 Å². The minimum atomic E-state index is 0.535. The molecule has 2 heteroatoms.